The Balaban J connectivity index is 1.76. The summed E-state index contributed by atoms with van der Waals surface area (Å²) < 4.78 is 10.5. The maximum Gasteiger partial charge on any atom is 0.277 e. The molecule has 0 bridgehead atoms. The first-order chi connectivity index (χ1) is 13.1. The van der Waals surface area contributed by atoms with E-state index in [-0.39, 0.29) is 5.75 Å². The highest BCUT2D eigenvalue weighted by molar-refractivity contribution is 6.01. The SMILES string of the molecule is CCOc1cc(C=NNC(=O)c2c(-c3ccccc3)noc2C)ccc1O. The van der Waals surface area contributed by atoms with E-state index >= 15 is 0 Å². The molecule has 0 atom stereocenters. The van der Waals surface area contributed by atoms with Gasteiger partial charge in [0, 0.05) is 5.56 Å². The van der Waals surface area contributed by atoms with Crippen LogP contribution in [0.25, 0.3) is 11.3 Å². The van der Waals surface area contributed by atoms with Crippen LogP contribution in [0.2, 0.25) is 0 Å². The molecule has 0 fully saturated rings. The summed E-state index contributed by atoms with van der Waals surface area (Å²) in [6.45, 7) is 3.93. The van der Waals surface area contributed by atoms with Crippen LogP contribution in [0, 0.1) is 6.92 Å². The second-order valence-electron chi connectivity index (χ2n) is 5.69. The molecule has 7 heteroatoms. The molecule has 2 aromatic carbocycles. The predicted octanol–water partition coefficient (Wildman–Crippen LogP) is 3.52. The van der Waals surface area contributed by atoms with E-state index in [9.17, 15) is 9.90 Å². The number of ether oxygens (including phenoxy) is 1. The fourth-order valence-electron chi connectivity index (χ4n) is 2.54. The van der Waals surface area contributed by atoms with Crippen LogP contribution in [0.3, 0.4) is 0 Å². The summed E-state index contributed by atoms with van der Waals surface area (Å²) >= 11 is 0. The number of aromatic hydroxyl groups is 1. The number of carbonyl (C=O) groups is 1. The van der Waals surface area contributed by atoms with Gasteiger partial charge in [0.15, 0.2) is 11.5 Å². The summed E-state index contributed by atoms with van der Waals surface area (Å²) in [6, 6.07) is 14.1. The van der Waals surface area contributed by atoms with Crippen LogP contribution in [0.15, 0.2) is 58.2 Å². The number of aromatic nitrogens is 1. The zero-order chi connectivity index (χ0) is 19.2. The van der Waals surface area contributed by atoms with Crippen molar-refractivity contribution in [2.24, 2.45) is 5.10 Å². The minimum absolute atomic E-state index is 0.0469. The van der Waals surface area contributed by atoms with Crippen molar-refractivity contribution in [1.29, 1.82) is 0 Å². The lowest BCUT2D eigenvalue weighted by molar-refractivity contribution is 0.0954. The van der Waals surface area contributed by atoms with Crippen LogP contribution < -0.4 is 10.2 Å². The first kappa shape index (κ1) is 18.2. The number of benzene rings is 2. The van der Waals surface area contributed by atoms with Crippen molar-refractivity contribution in [2.45, 2.75) is 13.8 Å². The number of phenolic OH excluding ortho intramolecular Hbond substituents is 1. The fourth-order valence-corrected chi connectivity index (χ4v) is 2.54. The Labute approximate surface area is 156 Å². The number of phenols is 1. The molecule has 3 rings (SSSR count). The second-order valence-corrected chi connectivity index (χ2v) is 5.69. The molecule has 0 radical (unpaired) electrons. The summed E-state index contributed by atoms with van der Waals surface area (Å²) in [6.07, 6.45) is 1.46. The molecule has 138 valence electrons. The van der Waals surface area contributed by atoms with Gasteiger partial charge in [-0.15, -0.1) is 0 Å². The third-order valence-electron chi connectivity index (χ3n) is 3.80. The summed E-state index contributed by atoms with van der Waals surface area (Å²) in [5.41, 5.74) is 4.72. The zero-order valence-electron chi connectivity index (χ0n) is 15.0. The van der Waals surface area contributed by atoms with Crippen molar-refractivity contribution in [2.75, 3.05) is 6.61 Å². The Bertz CT molecular complexity index is 965. The molecule has 1 aromatic heterocycles. The van der Waals surface area contributed by atoms with E-state index < -0.39 is 5.91 Å². The summed E-state index contributed by atoms with van der Waals surface area (Å²) in [5, 5.41) is 17.7. The number of nitrogens with zero attached hydrogens (tertiary/aromatic N) is 2. The van der Waals surface area contributed by atoms with Crippen LogP contribution in [-0.2, 0) is 0 Å². The average Bonchev–Trinajstić information content (AvgIpc) is 3.07. The first-order valence-corrected chi connectivity index (χ1v) is 8.41. The van der Waals surface area contributed by atoms with Gasteiger partial charge in [-0.1, -0.05) is 35.5 Å². The lowest BCUT2D eigenvalue weighted by atomic mass is 10.1. The average molecular weight is 365 g/mol. The molecule has 0 saturated carbocycles. The zero-order valence-corrected chi connectivity index (χ0v) is 15.0. The van der Waals surface area contributed by atoms with Gasteiger partial charge in [-0.05, 0) is 37.6 Å². The minimum Gasteiger partial charge on any atom is -0.504 e. The Morgan fingerprint density at radius 2 is 2.07 bits per heavy atom. The number of hydrazone groups is 1. The van der Waals surface area contributed by atoms with Gasteiger partial charge in [0.1, 0.15) is 17.0 Å². The van der Waals surface area contributed by atoms with Crippen LogP contribution in [0.4, 0.5) is 0 Å². The normalized spacial score (nSPS) is 10.9. The van der Waals surface area contributed by atoms with E-state index in [0.29, 0.717) is 34.9 Å². The van der Waals surface area contributed by atoms with Gasteiger partial charge in [-0.2, -0.15) is 5.10 Å². The number of hydrogen-bond acceptors (Lipinski definition) is 6. The highest BCUT2D eigenvalue weighted by Crippen LogP contribution is 2.26. The predicted molar refractivity (Wildman–Crippen MR) is 101 cm³/mol. The van der Waals surface area contributed by atoms with Crippen molar-refractivity contribution >= 4 is 12.1 Å². The van der Waals surface area contributed by atoms with Crippen LogP contribution >= 0.6 is 0 Å². The molecule has 2 N–H and O–H groups in total. The van der Waals surface area contributed by atoms with Crippen molar-refractivity contribution in [3.05, 3.63) is 65.4 Å². The topological polar surface area (TPSA) is 97.0 Å². The highest BCUT2D eigenvalue weighted by Gasteiger charge is 2.21. The largest absolute Gasteiger partial charge is 0.504 e. The molecule has 1 amide bonds. The minimum atomic E-state index is -0.423. The molecule has 27 heavy (non-hydrogen) atoms. The smallest absolute Gasteiger partial charge is 0.277 e. The quantitative estimate of drug-likeness (QED) is 0.515. The van der Waals surface area contributed by atoms with E-state index in [4.69, 9.17) is 9.26 Å². The van der Waals surface area contributed by atoms with Crippen LogP contribution in [0.5, 0.6) is 11.5 Å². The number of carbonyl (C=O) groups excluding carboxylic acids is 1. The molecular formula is C20H19N3O4. The van der Waals surface area contributed by atoms with Gasteiger partial charge >= 0.3 is 0 Å². The summed E-state index contributed by atoms with van der Waals surface area (Å²) in [5.74, 6) is 0.386. The molecule has 7 nitrogen and oxygen atoms in total. The van der Waals surface area contributed by atoms with Gasteiger partial charge in [0.2, 0.25) is 0 Å². The Kier molecular flexibility index (Phi) is 5.51. The first-order valence-electron chi connectivity index (χ1n) is 8.41. The van der Waals surface area contributed by atoms with Crippen molar-refractivity contribution < 1.29 is 19.2 Å². The van der Waals surface area contributed by atoms with Crippen LogP contribution in [0.1, 0.15) is 28.6 Å². The number of rotatable bonds is 6. The maximum absolute atomic E-state index is 12.5. The molecule has 3 aromatic rings. The molecule has 1 heterocycles. The molecule has 0 spiro atoms. The van der Waals surface area contributed by atoms with Gasteiger partial charge in [0.05, 0.1) is 12.8 Å². The van der Waals surface area contributed by atoms with Crippen molar-refractivity contribution in [3.8, 4) is 22.8 Å². The molecule has 0 aliphatic carbocycles. The number of aryl methyl sites for hydroxylation is 1. The molecule has 0 saturated heterocycles. The lowest BCUT2D eigenvalue weighted by Gasteiger charge is -2.06. The van der Waals surface area contributed by atoms with Crippen LogP contribution in [-0.4, -0.2) is 29.0 Å². The molecule has 0 aliphatic rings. The van der Waals surface area contributed by atoms with Crippen molar-refractivity contribution in [3.63, 3.8) is 0 Å². The van der Waals surface area contributed by atoms with Gasteiger partial charge < -0.3 is 14.4 Å². The van der Waals surface area contributed by atoms with Crippen molar-refractivity contribution in [1.82, 2.24) is 10.6 Å². The van der Waals surface area contributed by atoms with Gasteiger partial charge in [-0.3, -0.25) is 4.79 Å². The summed E-state index contributed by atoms with van der Waals surface area (Å²) in [7, 11) is 0. The number of amides is 1. The number of nitrogens with one attached hydrogen (secondary N) is 1. The Hall–Kier alpha value is -3.61. The summed E-state index contributed by atoms with van der Waals surface area (Å²) in [4.78, 5) is 12.5. The van der Waals surface area contributed by atoms with Gasteiger partial charge in [0.25, 0.3) is 5.91 Å². The lowest BCUT2D eigenvalue weighted by Crippen LogP contribution is -2.18. The Morgan fingerprint density at radius 1 is 1.30 bits per heavy atom. The number of hydrogen-bond donors (Lipinski definition) is 2. The second kappa shape index (κ2) is 8.18. The van der Waals surface area contributed by atoms with E-state index in [1.54, 1.807) is 19.1 Å². The molecular weight excluding hydrogens is 346 g/mol. The van der Waals surface area contributed by atoms with E-state index in [0.717, 1.165) is 5.56 Å². The standard InChI is InChI=1S/C20H19N3O4/c1-3-26-17-11-14(9-10-16(17)24)12-21-22-20(25)18-13(2)27-23-19(18)15-7-5-4-6-8-15/h4-12,24H,3H2,1-2H3,(H,22,25). The van der Waals surface area contributed by atoms with E-state index in [1.807, 2.05) is 37.3 Å². The highest BCUT2D eigenvalue weighted by atomic mass is 16.5. The van der Waals surface area contributed by atoms with Gasteiger partial charge in [-0.25, -0.2) is 5.43 Å². The third kappa shape index (κ3) is 4.14. The maximum atomic E-state index is 12.5. The van der Waals surface area contributed by atoms with E-state index in [1.165, 1.54) is 12.3 Å². The molecule has 0 unspecified atom stereocenters. The molecule has 0 aliphatic heterocycles. The third-order valence-corrected chi connectivity index (χ3v) is 3.80. The fraction of sp³-hybridized carbons (Fsp3) is 0.150. The monoisotopic (exact) mass is 365 g/mol. The Morgan fingerprint density at radius 3 is 2.81 bits per heavy atom. The van der Waals surface area contributed by atoms with E-state index in [2.05, 4.69) is 15.7 Å².